The van der Waals surface area contributed by atoms with Crippen molar-refractivity contribution in [3.8, 4) is 5.75 Å². The SMILES string of the molecule is CNCCc1cc(OC)ccc1S(=O)(=O)NCC(C)SC. The monoisotopic (exact) mass is 332 g/mol. The lowest BCUT2D eigenvalue weighted by Gasteiger charge is -2.14. The summed E-state index contributed by atoms with van der Waals surface area (Å²) in [6.45, 7) is 3.11. The molecular weight excluding hydrogens is 308 g/mol. The summed E-state index contributed by atoms with van der Waals surface area (Å²) in [4.78, 5) is 0.326. The Morgan fingerprint density at radius 1 is 1.38 bits per heavy atom. The Labute approximate surface area is 131 Å². The van der Waals surface area contributed by atoms with Crippen molar-refractivity contribution in [2.24, 2.45) is 0 Å². The van der Waals surface area contributed by atoms with Crippen LogP contribution in [-0.4, -0.2) is 47.2 Å². The van der Waals surface area contributed by atoms with E-state index in [1.165, 1.54) is 0 Å². The van der Waals surface area contributed by atoms with Crippen LogP contribution < -0.4 is 14.8 Å². The fourth-order valence-electron chi connectivity index (χ4n) is 1.79. The summed E-state index contributed by atoms with van der Waals surface area (Å²) in [6.07, 6.45) is 2.59. The van der Waals surface area contributed by atoms with Gasteiger partial charge >= 0.3 is 0 Å². The van der Waals surface area contributed by atoms with Gasteiger partial charge in [0.1, 0.15) is 5.75 Å². The second kappa shape index (κ2) is 8.63. The van der Waals surface area contributed by atoms with Crippen molar-refractivity contribution in [2.45, 2.75) is 23.5 Å². The number of sulfonamides is 1. The number of rotatable bonds is 9. The molecule has 0 amide bonds. The molecule has 1 aromatic rings. The first kappa shape index (κ1) is 18.3. The minimum Gasteiger partial charge on any atom is -0.497 e. The fraction of sp³-hybridized carbons (Fsp3) is 0.571. The number of methoxy groups -OCH3 is 1. The van der Waals surface area contributed by atoms with Gasteiger partial charge in [-0.1, -0.05) is 6.92 Å². The average Bonchev–Trinajstić information content (AvgIpc) is 2.50. The second-order valence-electron chi connectivity index (χ2n) is 4.73. The van der Waals surface area contributed by atoms with Crippen molar-refractivity contribution in [1.82, 2.24) is 10.0 Å². The van der Waals surface area contributed by atoms with E-state index in [4.69, 9.17) is 4.74 Å². The van der Waals surface area contributed by atoms with Gasteiger partial charge in [0.05, 0.1) is 12.0 Å². The molecule has 0 aliphatic heterocycles. The molecule has 0 bridgehead atoms. The number of likely N-dealkylation sites (N-methyl/N-ethyl adjacent to an activating group) is 1. The van der Waals surface area contributed by atoms with Crippen molar-refractivity contribution in [3.05, 3.63) is 23.8 Å². The summed E-state index contributed by atoms with van der Waals surface area (Å²) in [5, 5.41) is 3.27. The third kappa shape index (κ3) is 5.50. The lowest BCUT2D eigenvalue weighted by atomic mass is 10.1. The Balaban J connectivity index is 3.03. The van der Waals surface area contributed by atoms with Gasteiger partial charge in [-0.2, -0.15) is 11.8 Å². The summed E-state index contributed by atoms with van der Waals surface area (Å²) < 4.78 is 32.8. The molecule has 0 saturated carbocycles. The topological polar surface area (TPSA) is 67.4 Å². The molecule has 0 aromatic heterocycles. The molecule has 5 nitrogen and oxygen atoms in total. The zero-order chi connectivity index (χ0) is 15.9. The van der Waals surface area contributed by atoms with Crippen LogP contribution in [0.3, 0.4) is 0 Å². The highest BCUT2D eigenvalue weighted by molar-refractivity contribution is 7.99. The molecule has 7 heteroatoms. The molecule has 1 atom stereocenters. The van der Waals surface area contributed by atoms with Crippen LogP contribution in [0.25, 0.3) is 0 Å². The molecule has 0 heterocycles. The smallest absolute Gasteiger partial charge is 0.240 e. The van der Waals surface area contributed by atoms with E-state index < -0.39 is 10.0 Å². The maximum Gasteiger partial charge on any atom is 0.240 e. The zero-order valence-corrected chi connectivity index (χ0v) is 14.6. The molecule has 1 unspecified atom stereocenters. The quantitative estimate of drug-likeness (QED) is 0.717. The van der Waals surface area contributed by atoms with Gasteiger partial charge in [-0.15, -0.1) is 0 Å². The van der Waals surface area contributed by atoms with Crippen molar-refractivity contribution >= 4 is 21.8 Å². The molecule has 0 aliphatic rings. The van der Waals surface area contributed by atoms with Crippen molar-refractivity contribution in [1.29, 1.82) is 0 Å². The summed E-state index contributed by atoms with van der Waals surface area (Å²) in [5.41, 5.74) is 0.757. The van der Waals surface area contributed by atoms with E-state index in [9.17, 15) is 8.42 Å². The van der Waals surface area contributed by atoms with Crippen LogP contribution in [-0.2, 0) is 16.4 Å². The highest BCUT2D eigenvalue weighted by Gasteiger charge is 2.19. The molecule has 21 heavy (non-hydrogen) atoms. The van der Waals surface area contributed by atoms with E-state index in [1.807, 2.05) is 20.2 Å². The molecule has 0 saturated heterocycles. The predicted octanol–water partition coefficient (Wildman–Crippen LogP) is 1.49. The van der Waals surface area contributed by atoms with Crippen LogP contribution in [0.4, 0.5) is 0 Å². The van der Waals surface area contributed by atoms with Crippen LogP contribution in [0, 0.1) is 0 Å². The van der Waals surface area contributed by atoms with E-state index >= 15 is 0 Å². The van der Waals surface area contributed by atoms with Crippen LogP contribution in [0.5, 0.6) is 5.75 Å². The van der Waals surface area contributed by atoms with Crippen molar-refractivity contribution in [3.63, 3.8) is 0 Å². The number of ether oxygens (including phenoxy) is 1. The van der Waals surface area contributed by atoms with Gasteiger partial charge in [-0.25, -0.2) is 13.1 Å². The summed E-state index contributed by atoms with van der Waals surface area (Å²) in [7, 11) is -0.0850. The highest BCUT2D eigenvalue weighted by atomic mass is 32.2. The Morgan fingerprint density at radius 3 is 2.67 bits per heavy atom. The number of nitrogens with one attached hydrogen (secondary N) is 2. The van der Waals surface area contributed by atoms with E-state index in [1.54, 1.807) is 37.1 Å². The van der Waals surface area contributed by atoms with Gasteiger partial charge in [0.2, 0.25) is 10.0 Å². The standard InChI is InChI=1S/C14H24N2O3S2/c1-11(20-4)10-16-21(17,18)14-6-5-13(19-3)9-12(14)7-8-15-2/h5-6,9,11,15-16H,7-8,10H2,1-4H3. The molecule has 2 N–H and O–H groups in total. The van der Waals surface area contributed by atoms with Crippen LogP contribution in [0.2, 0.25) is 0 Å². The van der Waals surface area contributed by atoms with Crippen LogP contribution in [0.1, 0.15) is 12.5 Å². The van der Waals surface area contributed by atoms with Gasteiger partial charge in [-0.3, -0.25) is 0 Å². The molecule has 120 valence electrons. The molecule has 0 aliphatic carbocycles. The number of benzene rings is 1. The first-order valence-corrected chi connectivity index (χ1v) is 9.55. The Morgan fingerprint density at radius 2 is 2.10 bits per heavy atom. The summed E-state index contributed by atoms with van der Waals surface area (Å²) in [5.74, 6) is 0.664. The second-order valence-corrected chi connectivity index (χ2v) is 7.74. The largest absolute Gasteiger partial charge is 0.497 e. The lowest BCUT2D eigenvalue weighted by molar-refractivity contribution is 0.413. The summed E-state index contributed by atoms with van der Waals surface area (Å²) in [6, 6.07) is 5.06. The number of hydrogen-bond donors (Lipinski definition) is 2. The van der Waals surface area contributed by atoms with Crippen molar-refractivity contribution in [2.75, 3.05) is 33.5 Å². The van der Waals surface area contributed by atoms with Gasteiger partial charge < -0.3 is 10.1 Å². The Hall–Kier alpha value is -0.760. The molecule has 0 fully saturated rings. The van der Waals surface area contributed by atoms with Crippen LogP contribution >= 0.6 is 11.8 Å². The maximum absolute atomic E-state index is 12.5. The molecule has 1 aromatic carbocycles. The average molecular weight is 332 g/mol. The summed E-state index contributed by atoms with van der Waals surface area (Å²) >= 11 is 1.63. The molecule has 0 radical (unpaired) electrons. The maximum atomic E-state index is 12.5. The van der Waals surface area contributed by atoms with Gasteiger partial charge in [0.25, 0.3) is 0 Å². The Kier molecular flexibility index (Phi) is 7.51. The van der Waals surface area contributed by atoms with Crippen LogP contribution in [0.15, 0.2) is 23.1 Å². The Bertz CT molecular complexity index is 547. The highest BCUT2D eigenvalue weighted by Crippen LogP contribution is 2.22. The predicted molar refractivity (Wildman–Crippen MR) is 88.8 cm³/mol. The molecule has 0 spiro atoms. The van der Waals surface area contributed by atoms with E-state index in [0.717, 1.165) is 5.56 Å². The van der Waals surface area contributed by atoms with E-state index in [2.05, 4.69) is 10.0 Å². The minimum atomic E-state index is -3.50. The minimum absolute atomic E-state index is 0.235. The van der Waals surface area contributed by atoms with Gasteiger partial charge in [0.15, 0.2) is 0 Å². The molecular formula is C14H24N2O3S2. The van der Waals surface area contributed by atoms with Gasteiger partial charge in [0, 0.05) is 11.8 Å². The van der Waals surface area contributed by atoms with Crippen molar-refractivity contribution < 1.29 is 13.2 Å². The lowest BCUT2D eigenvalue weighted by Crippen LogP contribution is -2.30. The third-order valence-electron chi connectivity index (χ3n) is 3.16. The number of thioether (sulfide) groups is 1. The first-order chi connectivity index (χ1) is 9.94. The zero-order valence-electron chi connectivity index (χ0n) is 13.0. The third-order valence-corrected chi connectivity index (χ3v) is 5.66. The normalized spacial score (nSPS) is 13.1. The van der Waals surface area contributed by atoms with Gasteiger partial charge in [-0.05, 0) is 50.0 Å². The molecule has 1 rings (SSSR count). The fourth-order valence-corrected chi connectivity index (χ4v) is 3.52. The van der Waals surface area contributed by atoms with E-state index in [-0.39, 0.29) is 5.25 Å². The number of hydrogen-bond acceptors (Lipinski definition) is 5. The van der Waals surface area contributed by atoms with E-state index in [0.29, 0.717) is 30.2 Å². The first-order valence-electron chi connectivity index (χ1n) is 6.78.